The van der Waals surface area contributed by atoms with Crippen LogP contribution in [0.4, 0.5) is 0 Å². The summed E-state index contributed by atoms with van der Waals surface area (Å²) in [5, 5.41) is 174. The summed E-state index contributed by atoms with van der Waals surface area (Å²) in [7, 11) is 0. The van der Waals surface area contributed by atoms with E-state index in [0.717, 1.165) is 11.1 Å². The Morgan fingerprint density at radius 2 is 0.396 bits per heavy atom. The average Bonchev–Trinajstić information content (AvgIpc) is 0.760. The zero-order chi connectivity index (χ0) is 77.0. The van der Waals surface area contributed by atoms with Crippen molar-refractivity contribution in [2.24, 2.45) is 0 Å². The van der Waals surface area contributed by atoms with Gasteiger partial charge in [-0.25, -0.2) is 0 Å². The molecule has 0 unspecified atom stereocenters. The van der Waals surface area contributed by atoms with E-state index in [9.17, 15) is 51.1 Å². The molecule has 0 aliphatic heterocycles. The first-order valence-electron chi connectivity index (χ1n) is 32.6. The van der Waals surface area contributed by atoms with E-state index in [2.05, 4.69) is 0 Å². The third-order valence-electron chi connectivity index (χ3n) is 15.6. The van der Waals surface area contributed by atoms with Gasteiger partial charge in [0.05, 0.1) is 0 Å². The molecule has 0 radical (unpaired) electrons. The molecule has 106 heavy (non-hydrogen) atoms. The van der Waals surface area contributed by atoms with Gasteiger partial charge in [-0.3, -0.25) is 0 Å². The molecule has 0 spiro atoms. The minimum atomic E-state index is -0.246. The minimum Gasteiger partial charge on any atom is -0.508 e. The number of para-hydroxylation sites is 5. The summed E-state index contributed by atoms with van der Waals surface area (Å²) >= 11 is 0. The van der Waals surface area contributed by atoms with Crippen LogP contribution in [0.1, 0.15) is 22.3 Å². The molecule has 14 aromatic rings. The second-order valence-corrected chi connectivity index (χ2v) is 23.6. The Morgan fingerprint density at radius 1 is 0.160 bits per heavy atom. The first kappa shape index (κ1) is 78.8. The first-order valence-corrected chi connectivity index (χ1v) is 32.6. The highest BCUT2D eigenvalue weighted by molar-refractivity contribution is 6.00. The largest absolute Gasteiger partial charge is 0.508 e. The molecule has 0 atom stereocenters. The van der Waals surface area contributed by atoms with Crippen LogP contribution in [-0.4, -0.2) is 91.9 Å². The van der Waals surface area contributed by atoms with E-state index in [0.29, 0.717) is 67.5 Å². The van der Waals surface area contributed by atoms with E-state index < -0.39 is 0 Å². The summed E-state index contributed by atoms with van der Waals surface area (Å²) in [5.74, 6) is 1.50. The van der Waals surface area contributed by atoms with E-state index in [1.807, 2.05) is 88.4 Å². The fraction of sp³-hybridized carbons (Fsp3) is 0.0455. The summed E-state index contributed by atoms with van der Waals surface area (Å²) in [4.78, 5) is 0. The Labute approximate surface area is 612 Å². The lowest BCUT2D eigenvalue weighted by Gasteiger charge is -2.19. The summed E-state index contributed by atoms with van der Waals surface area (Å²) in [5.41, 5.74) is 8.58. The molecule has 0 fully saturated rings. The summed E-state index contributed by atoms with van der Waals surface area (Å²) in [6, 6.07) is 81.0. The highest BCUT2D eigenvalue weighted by atomic mass is 16.3. The van der Waals surface area contributed by atoms with E-state index in [1.54, 1.807) is 127 Å². The number of phenols is 18. The smallest absolute Gasteiger partial charge is 0.132 e. The van der Waals surface area contributed by atoms with Crippen LogP contribution in [0.15, 0.2) is 303 Å². The number of aromatic hydroxyl groups is 18. The monoisotopic (exact) mass is 1420 g/mol. The van der Waals surface area contributed by atoms with Crippen molar-refractivity contribution in [3.8, 4) is 170 Å². The highest BCUT2D eigenvalue weighted by Crippen LogP contribution is 2.54. The molecule has 0 heterocycles. The third-order valence-corrected chi connectivity index (χ3v) is 15.6. The number of hydrogen-bond acceptors (Lipinski definition) is 18. The molecule has 0 bridgehead atoms. The molecular formula is C88H80O18. The highest BCUT2D eigenvalue weighted by Gasteiger charge is 2.26. The lowest BCUT2D eigenvalue weighted by Crippen LogP contribution is -1.92. The Balaban J connectivity index is 0.000000185. The van der Waals surface area contributed by atoms with Crippen molar-refractivity contribution in [3.63, 3.8) is 0 Å². The van der Waals surface area contributed by atoms with Gasteiger partial charge >= 0.3 is 0 Å². The van der Waals surface area contributed by atoms with Gasteiger partial charge < -0.3 is 91.9 Å². The molecule has 0 amide bonds. The maximum absolute atomic E-state index is 11.2. The van der Waals surface area contributed by atoms with Crippen molar-refractivity contribution in [2.45, 2.75) is 27.7 Å². The molecule has 540 valence electrons. The van der Waals surface area contributed by atoms with Gasteiger partial charge in [-0.1, -0.05) is 163 Å². The second-order valence-electron chi connectivity index (χ2n) is 23.6. The Morgan fingerprint density at radius 3 is 0.698 bits per heavy atom. The number of rotatable bonds is 6. The minimum absolute atomic E-state index is 0.0535. The summed E-state index contributed by atoms with van der Waals surface area (Å²) in [6.45, 7) is 7.71. The molecule has 14 rings (SSSR count). The first-order chi connectivity index (χ1) is 50.7. The van der Waals surface area contributed by atoms with Crippen LogP contribution in [0.25, 0.3) is 66.8 Å². The van der Waals surface area contributed by atoms with Crippen LogP contribution in [0.5, 0.6) is 103 Å². The van der Waals surface area contributed by atoms with Crippen LogP contribution in [0, 0.1) is 27.7 Å². The van der Waals surface area contributed by atoms with Crippen LogP contribution in [-0.2, 0) is 0 Å². The molecule has 0 saturated heterocycles. The van der Waals surface area contributed by atoms with Gasteiger partial charge in [-0.15, -0.1) is 0 Å². The number of phenolic OH excluding ortho intramolecular Hbond substituents is 18. The average molecular weight is 1430 g/mol. The van der Waals surface area contributed by atoms with Crippen LogP contribution >= 0.6 is 0 Å². The van der Waals surface area contributed by atoms with E-state index in [4.69, 9.17) is 40.9 Å². The zero-order valence-electron chi connectivity index (χ0n) is 57.9. The normalized spacial score (nSPS) is 10.0. The molecule has 18 nitrogen and oxygen atoms in total. The molecule has 18 N–H and O–H groups in total. The van der Waals surface area contributed by atoms with Crippen LogP contribution in [0.3, 0.4) is 0 Å². The fourth-order valence-electron chi connectivity index (χ4n) is 9.94. The van der Waals surface area contributed by atoms with Crippen LogP contribution < -0.4 is 0 Å². The van der Waals surface area contributed by atoms with Crippen molar-refractivity contribution < 1.29 is 91.9 Å². The number of hydrogen-bond donors (Lipinski definition) is 18. The van der Waals surface area contributed by atoms with Crippen molar-refractivity contribution in [1.29, 1.82) is 0 Å². The standard InChI is InChI=1S/2C24H18O5.4C7H8O.2C6H6O2/c25-17-7-1-14(2-8-17)20-13-21(28)22(15-3-9-18(26)10-4-15)23(24(20)29)16-5-11-19(27)12-6-16;25-18-10-4-1-7-14(18)17-13-21(28)22(15-8-2-5-11-19(15)26)23(24(17)29)16-9-3-6-12-20(16)27;2*1-6-2-4-7(8)5-3-6;2*1-6-4-2-3-5-7(6)8;2*7-5-1-2-6(8)4-3-5/h2*1-13,25-29H;4*2-5,8H,1H3;2*1-4,7-8H. The topological polar surface area (TPSA) is 364 Å². The molecule has 0 saturated carbocycles. The van der Waals surface area contributed by atoms with E-state index in [1.165, 1.54) is 126 Å². The van der Waals surface area contributed by atoms with Crippen LogP contribution in [0.2, 0.25) is 0 Å². The molecule has 0 aliphatic carbocycles. The second kappa shape index (κ2) is 38.3. The predicted molar refractivity (Wildman–Crippen MR) is 413 cm³/mol. The molecule has 0 aliphatic rings. The van der Waals surface area contributed by atoms with Crippen molar-refractivity contribution in [2.75, 3.05) is 0 Å². The Kier molecular flexibility index (Phi) is 28.5. The Bertz CT molecular complexity index is 4740. The van der Waals surface area contributed by atoms with Gasteiger partial charge in [0, 0.05) is 50.1 Å². The quantitative estimate of drug-likeness (QED) is 0.0688. The lowest BCUT2D eigenvalue weighted by atomic mass is 9.88. The molecule has 18 heteroatoms. The molecular weight excluding hydrogens is 1340 g/mol. The summed E-state index contributed by atoms with van der Waals surface area (Å²) in [6.07, 6.45) is 0. The molecule has 0 aromatic heterocycles. The zero-order valence-corrected chi connectivity index (χ0v) is 57.9. The van der Waals surface area contributed by atoms with E-state index in [-0.39, 0.29) is 103 Å². The van der Waals surface area contributed by atoms with Gasteiger partial charge in [0.15, 0.2) is 0 Å². The van der Waals surface area contributed by atoms with Crippen molar-refractivity contribution >= 4 is 0 Å². The number of benzene rings is 14. The van der Waals surface area contributed by atoms with Gasteiger partial charge in [-0.2, -0.15) is 0 Å². The van der Waals surface area contributed by atoms with Gasteiger partial charge in [0.1, 0.15) is 103 Å². The molecule has 14 aromatic carbocycles. The third kappa shape index (κ3) is 23.0. The van der Waals surface area contributed by atoms with Gasteiger partial charge in [-0.05, 0) is 207 Å². The van der Waals surface area contributed by atoms with Gasteiger partial charge in [0.25, 0.3) is 0 Å². The maximum Gasteiger partial charge on any atom is 0.132 e. The SMILES string of the molecule is Cc1ccc(O)cc1.Cc1ccc(O)cc1.Cc1ccccc1O.Cc1ccccc1O.Oc1ccc(-c2cc(O)c(-c3ccc(O)cc3)c(-c3ccc(O)cc3)c2O)cc1.Oc1ccc(O)cc1.Oc1ccc(O)cc1.Oc1ccccc1-c1cc(O)c(-c2ccccc2O)c(-c2ccccc2O)c1O. The van der Waals surface area contributed by atoms with Crippen molar-refractivity contribution in [1.82, 2.24) is 0 Å². The van der Waals surface area contributed by atoms with E-state index >= 15 is 0 Å². The van der Waals surface area contributed by atoms with Crippen molar-refractivity contribution in [3.05, 3.63) is 326 Å². The van der Waals surface area contributed by atoms with Gasteiger partial charge in [0.2, 0.25) is 0 Å². The predicted octanol–water partition coefficient (Wildman–Crippen LogP) is 19.4. The lowest BCUT2D eigenvalue weighted by molar-refractivity contribution is 0.458. The number of aryl methyl sites for hydroxylation is 4. The Hall–Kier alpha value is -14.5. The maximum atomic E-state index is 11.2. The summed E-state index contributed by atoms with van der Waals surface area (Å²) < 4.78 is 0. The fourth-order valence-corrected chi connectivity index (χ4v) is 9.94.